The van der Waals surface area contributed by atoms with Gasteiger partial charge in [0.25, 0.3) is 0 Å². The van der Waals surface area contributed by atoms with E-state index in [-0.39, 0.29) is 11.8 Å². The molecule has 0 saturated heterocycles. The van der Waals surface area contributed by atoms with Crippen molar-refractivity contribution in [2.24, 2.45) is 5.41 Å². The molecule has 1 atom stereocenters. The van der Waals surface area contributed by atoms with Crippen LogP contribution >= 0.6 is 0 Å². The highest BCUT2D eigenvalue weighted by Crippen LogP contribution is 2.35. The van der Waals surface area contributed by atoms with Crippen molar-refractivity contribution in [3.05, 3.63) is 12.2 Å². The highest BCUT2D eigenvalue weighted by Gasteiger charge is 2.41. The van der Waals surface area contributed by atoms with Crippen molar-refractivity contribution in [3.8, 4) is 6.07 Å². The summed E-state index contributed by atoms with van der Waals surface area (Å²) in [6.07, 6.45) is 4.89. The van der Waals surface area contributed by atoms with E-state index in [2.05, 4.69) is 16.2 Å². The van der Waals surface area contributed by atoms with Crippen LogP contribution in [0.3, 0.4) is 0 Å². The van der Waals surface area contributed by atoms with Crippen LogP contribution in [0.25, 0.3) is 0 Å². The zero-order valence-corrected chi connectivity index (χ0v) is 10.9. The zero-order chi connectivity index (χ0) is 13.2. The quantitative estimate of drug-likeness (QED) is 0.818. The lowest BCUT2D eigenvalue weighted by atomic mass is 9.72. The molecule has 0 radical (unpaired) electrons. The Morgan fingerprint density at radius 3 is 2.94 bits per heavy atom. The van der Waals surface area contributed by atoms with E-state index in [1.54, 1.807) is 4.68 Å². The van der Waals surface area contributed by atoms with Crippen LogP contribution in [-0.2, 0) is 11.2 Å². The Hall–Kier alpha value is -1.70. The molecule has 0 aromatic carbocycles. The summed E-state index contributed by atoms with van der Waals surface area (Å²) in [7, 11) is 0. The first-order valence-corrected chi connectivity index (χ1v) is 6.42. The molecule has 1 aromatic heterocycles. The molecule has 1 aliphatic rings. The lowest BCUT2D eigenvalue weighted by molar-refractivity contribution is -0.128. The molecule has 0 amide bonds. The summed E-state index contributed by atoms with van der Waals surface area (Å²) >= 11 is 0. The van der Waals surface area contributed by atoms with Crippen LogP contribution < -0.4 is 0 Å². The van der Waals surface area contributed by atoms with Crippen LogP contribution in [0.4, 0.5) is 0 Å². The Labute approximate surface area is 107 Å². The molecule has 0 aliphatic heterocycles. The molecule has 1 saturated carbocycles. The van der Waals surface area contributed by atoms with Crippen molar-refractivity contribution in [3.63, 3.8) is 0 Å². The van der Waals surface area contributed by atoms with Gasteiger partial charge in [-0.1, -0.05) is 6.42 Å². The molecule has 96 valence electrons. The topological polar surface area (TPSA) is 71.6 Å². The van der Waals surface area contributed by atoms with Crippen LogP contribution in [0.1, 0.15) is 51.4 Å². The molecule has 0 bridgehead atoms. The van der Waals surface area contributed by atoms with Gasteiger partial charge in [0.05, 0.1) is 6.07 Å². The lowest BCUT2D eigenvalue weighted by Gasteiger charge is -2.28. The van der Waals surface area contributed by atoms with Gasteiger partial charge in [0.15, 0.2) is 5.78 Å². The summed E-state index contributed by atoms with van der Waals surface area (Å²) in [5, 5.41) is 13.6. The van der Waals surface area contributed by atoms with Crippen LogP contribution in [0, 0.1) is 16.7 Å². The molecule has 1 aromatic rings. The number of hydrogen-bond donors (Lipinski definition) is 0. The van der Waals surface area contributed by atoms with E-state index in [9.17, 15) is 10.1 Å². The minimum absolute atomic E-state index is 0.0644. The number of carbonyl (C=O) groups excluding carboxylic acids is 1. The fourth-order valence-electron chi connectivity index (χ4n) is 2.54. The minimum atomic E-state index is -0.877. The SMILES string of the molecule is CC(C)n1ncnc1CC1(C#N)CCCCC1=O. The van der Waals surface area contributed by atoms with Gasteiger partial charge in [-0.2, -0.15) is 10.4 Å². The number of aromatic nitrogens is 3. The molecule has 18 heavy (non-hydrogen) atoms. The predicted octanol–water partition coefficient (Wildman–Crippen LogP) is 2.05. The molecule has 1 heterocycles. The fourth-order valence-corrected chi connectivity index (χ4v) is 2.54. The number of hydrogen-bond acceptors (Lipinski definition) is 4. The summed E-state index contributed by atoms with van der Waals surface area (Å²) in [4.78, 5) is 16.3. The van der Waals surface area contributed by atoms with Crippen molar-refractivity contribution in [1.82, 2.24) is 14.8 Å². The molecule has 1 fully saturated rings. The summed E-state index contributed by atoms with van der Waals surface area (Å²) < 4.78 is 1.79. The maximum absolute atomic E-state index is 12.1. The number of Topliss-reactive ketones (excluding diaryl/α,β-unsaturated/α-hetero) is 1. The zero-order valence-electron chi connectivity index (χ0n) is 10.9. The molecule has 5 nitrogen and oxygen atoms in total. The van der Waals surface area contributed by atoms with Crippen LogP contribution in [0.5, 0.6) is 0 Å². The normalized spacial score (nSPS) is 24.2. The number of nitriles is 1. The van der Waals surface area contributed by atoms with E-state index in [4.69, 9.17) is 0 Å². The molecule has 5 heteroatoms. The average Bonchev–Trinajstić information content (AvgIpc) is 2.80. The van der Waals surface area contributed by atoms with Gasteiger partial charge in [0.2, 0.25) is 0 Å². The summed E-state index contributed by atoms with van der Waals surface area (Å²) in [6, 6.07) is 2.43. The van der Waals surface area contributed by atoms with E-state index in [0.29, 0.717) is 19.3 Å². The van der Waals surface area contributed by atoms with E-state index in [1.165, 1.54) is 6.33 Å². The van der Waals surface area contributed by atoms with Crippen molar-refractivity contribution in [2.75, 3.05) is 0 Å². The Kier molecular flexibility index (Phi) is 3.46. The van der Waals surface area contributed by atoms with E-state index >= 15 is 0 Å². The number of rotatable bonds is 3. The second-order valence-corrected chi connectivity index (χ2v) is 5.22. The molecule has 2 rings (SSSR count). The molecular formula is C13H18N4O. The minimum Gasteiger partial charge on any atom is -0.298 e. The second-order valence-electron chi connectivity index (χ2n) is 5.22. The Balaban J connectivity index is 2.28. The van der Waals surface area contributed by atoms with Gasteiger partial charge in [-0.05, 0) is 26.7 Å². The number of carbonyl (C=O) groups is 1. The first kappa shape index (κ1) is 12.7. The molecule has 1 aliphatic carbocycles. The summed E-state index contributed by atoms with van der Waals surface area (Å²) in [5.74, 6) is 0.802. The standard InChI is InChI=1S/C13H18N4O/c1-10(2)17-12(15-9-16-17)7-13(8-14)6-4-3-5-11(13)18/h9-10H,3-7H2,1-2H3. The van der Waals surface area contributed by atoms with E-state index < -0.39 is 5.41 Å². The largest absolute Gasteiger partial charge is 0.298 e. The van der Waals surface area contributed by atoms with Crippen LogP contribution in [0.2, 0.25) is 0 Å². The van der Waals surface area contributed by atoms with E-state index in [1.807, 2.05) is 13.8 Å². The number of nitrogens with zero attached hydrogens (tertiary/aromatic N) is 4. The van der Waals surface area contributed by atoms with Gasteiger partial charge in [0.1, 0.15) is 17.6 Å². The van der Waals surface area contributed by atoms with Gasteiger partial charge in [-0.15, -0.1) is 0 Å². The lowest BCUT2D eigenvalue weighted by Crippen LogP contribution is -2.36. The number of ketones is 1. The molecule has 1 unspecified atom stereocenters. The van der Waals surface area contributed by atoms with Gasteiger partial charge in [-0.3, -0.25) is 4.79 Å². The second kappa shape index (κ2) is 4.89. The molecular weight excluding hydrogens is 228 g/mol. The molecule has 0 N–H and O–H groups in total. The maximum atomic E-state index is 12.1. The van der Waals surface area contributed by atoms with Gasteiger partial charge in [-0.25, -0.2) is 9.67 Å². The fraction of sp³-hybridized carbons (Fsp3) is 0.692. The average molecular weight is 246 g/mol. The highest BCUT2D eigenvalue weighted by atomic mass is 16.1. The Bertz CT molecular complexity index is 485. The summed E-state index contributed by atoms with van der Waals surface area (Å²) in [6.45, 7) is 4.03. The third-order valence-corrected chi connectivity index (χ3v) is 3.60. The Morgan fingerprint density at radius 2 is 2.33 bits per heavy atom. The van der Waals surface area contributed by atoms with Crippen LogP contribution in [0.15, 0.2) is 6.33 Å². The Morgan fingerprint density at radius 1 is 1.56 bits per heavy atom. The first-order valence-electron chi connectivity index (χ1n) is 6.42. The highest BCUT2D eigenvalue weighted by molar-refractivity contribution is 5.88. The van der Waals surface area contributed by atoms with Crippen LogP contribution in [-0.4, -0.2) is 20.5 Å². The van der Waals surface area contributed by atoms with Crippen molar-refractivity contribution < 1.29 is 4.79 Å². The third kappa shape index (κ3) is 2.15. The van der Waals surface area contributed by atoms with Crippen molar-refractivity contribution in [2.45, 2.75) is 52.0 Å². The predicted molar refractivity (Wildman–Crippen MR) is 65.6 cm³/mol. The van der Waals surface area contributed by atoms with Crippen molar-refractivity contribution >= 4 is 5.78 Å². The van der Waals surface area contributed by atoms with E-state index in [0.717, 1.165) is 18.7 Å². The smallest absolute Gasteiger partial charge is 0.153 e. The van der Waals surface area contributed by atoms with Gasteiger partial charge in [0, 0.05) is 18.9 Å². The third-order valence-electron chi connectivity index (χ3n) is 3.60. The maximum Gasteiger partial charge on any atom is 0.153 e. The van der Waals surface area contributed by atoms with Gasteiger partial charge < -0.3 is 0 Å². The first-order chi connectivity index (χ1) is 8.59. The summed E-state index contributed by atoms with van der Waals surface area (Å²) in [5.41, 5.74) is -0.877. The van der Waals surface area contributed by atoms with Gasteiger partial charge >= 0.3 is 0 Å². The molecule has 0 spiro atoms. The monoisotopic (exact) mass is 246 g/mol. The van der Waals surface area contributed by atoms with Crippen molar-refractivity contribution in [1.29, 1.82) is 5.26 Å².